The van der Waals surface area contributed by atoms with Crippen molar-refractivity contribution < 1.29 is 9.36 Å². The number of rotatable bonds is 2. The summed E-state index contributed by atoms with van der Waals surface area (Å²) in [6.07, 6.45) is 4.31. The van der Waals surface area contributed by atoms with Gasteiger partial charge < -0.3 is 0 Å². The van der Waals surface area contributed by atoms with E-state index >= 15 is 0 Å². The van der Waals surface area contributed by atoms with E-state index in [1.807, 2.05) is 18.2 Å². The van der Waals surface area contributed by atoms with E-state index in [0.29, 0.717) is 17.0 Å². The fourth-order valence-electron chi connectivity index (χ4n) is 1.38. The first kappa shape index (κ1) is 9.79. The van der Waals surface area contributed by atoms with Gasteiger partial charge in [0.05, 0.1) is 19.4 Å². The number of hydrogen-bond donors (Lipinski definition) is 0. The monoisotopic (exact) mass is 221 g/mol. The van der Waals surface area contributed by atoms with Crippen LogP contribution in [-0.4, -0.2) is 10.9 Å². The zero-order chi connectivity index (χ0) is 10.8. The highest BCUT2D eigenvalue weighted by atomic mass is 32.1. The maximum atomic E-state index is 11.4. The van der Waals surface area contributed by atoms with E-state index in [2.05, 4.69) is 0 Å². The summed E-state index contributed by atoms with van der Waals surface area (Å²) in [5.41, 5.74) is 0. The van der Waals surface area contributed by atoms with Crippen molar-refractivity contribution in [3.63, 3.8) is 0 Å². The number of nitrogens with zero attached hydrogens (tertiary/aromatic N) is 2. The summed E-state index contributed by atoms with van der Waals surface area (Å²) in [7, 11) is 1.65. The number of hydrogen-bond acceptors (Lipinski definition) is 3. The van der Waals surface area contributed by atoms with Gasteiger partial charge in [0.2, 0.25) is 0 Å². The number of pyridine rings is 1. The zero-order valence-electron chi connectivity index (χ0n) is 8.08. The fourth-order valence-corrected chi connectivity index (χ4v) is 2.17. The molecule has 0 N–H and O–H groups in total. The van der Waals surface area contributed by atoms with Gasteiger partial charge in [-0.2, -0.15) is 4.57 Å². The third-order valence-electron chi connectivity index (χ3n) is 2.08. The molecule has 0 aliphatic rings. The van der Waals surface area contributed by atoms with Gasteiger partial charge in [0.15, 0.2) is 11.2 Å². The van der Waals surface area contributed by atoms with Crippen LogP contribution < -0.4 is 9.44 Å². The molecule has 2 aromatic rings. The first-order valence-corrected chi connectivity index (χ1v) is 5.17. The van der Waals surface area contributed by atoms with Crippen LogP contribution in [0.1, 0.15) is 9.67 Å². The second-order valence-electron chi connectivity index (χ2n) is 3.02. The first-order valence-electron chi connectivity index (χ1n) is 4.35. The van der Waals surface area contributed by atoms with Crippen LogP contribution in [0.3, 0.4) is 0 Å². The summed E-state index contributed by atoms with van der Waals surface area (Å²) in [6, 6.07) is 5.56. The van der Waals surface area contributed by atoms with Gasteiger partial charge in [0.1, 0.15) is 0 Å². The van der Waals surface area contributed by atoms with Gasteiger partial charge in [0.25, 0.3) is 0 Å². The first-order chi connectivity index (χ1) is 7.24. The number of thiazole rings is 1. The molecule has 0 amide bonds. The Hall–Kier alpha value is -1.75. The minimum absolute atomic E-state index is 0.136. The summed E-state index contributed by atoms with van der Waals surface area (Å²) in [5.74, 6) is 0.612. The van der Waals surface area contributed by atoms with Gasteiger partial charge in [-0.25, -0.2) is 9.36 Å². The van der Waals surface area contributed by atoms with Gasteiger partial charge in [-0.15, -0.1) is 0 Å². The molecule has 0 spiro atoms. The van der Waals surface area contributed by atoms with Crippen molar-refractivity contribution in [2.75, 3.05) is 0 Å². The van der Waals surface area contributed by atoms with Crippen LogP contribution in [0.2, 0.25) is 0 Å². The molecule has 5 heteroatoms. The van der Waals surface area contributed by atoms with E-state index < -0.39 is 0 Å². The molecule has 0 aliphatic carbocycles. The molecular formula is C10H9N2O2S+. The largest absolute Gasteiger partial charge is 0.392 e. The molecule has 2 aromatic heterocycles. The van der Waals surface area contributed by atoms with Crippen molar-refractivity contribution in [3.8, 4) is 5.82 Å². The number of carbonyl (C=O) groups excluding carboxylic acids is 1. The highest BCUT2D eigenvalue weighted by Crippen LogP contribution is 2.07. The van der Waals surface area contributed by atoms with Crippen LogP contribution in [0.4, 0.5) is 0 Å². The summed E-state index contributed by atoms with van der Waals surface area (Å²) in [5, 5.41) is 0. The predicted molar refractivity (Wildman–Crippen MR) is 56.5 cm³/mol. The molecule has 15 heavy (non-hydrogen) atoms. The Morgan fingerprint density at radius 1 is 1.33 bits per heavy atom. The van der Waals surface area contributed by atoms with Crippen molar-refractivity contribution in [1.29, 1.82) is 0 Å². The maximum Gasteiger partial charge on any atom is 0.392 e. The third kappa shape index (κ3) is 1.61. The standard InChI is InChI=1S/C10H9N2O2S/c1-11-9(8(7-13)15-10(11)14)12-5-3-2-4-6-12/h2-7H,1H3/q+1. The van der Waals surface area contributed by atoms with Crippen LogP contribution >= 0.6 is 11.3 Å². The molecule has 4 nitrogen and oxygen atoms in total. The molecule has 0 aliphatic heterocycles. The van der Waals surface area contributed by atoms with Gasteiger partial charge in [0, 0.05) is 0 Å². The van der Waals surface area contributed by atoms with Crippen LogP contribution in [-0.2, 0) is 7.05 Å². The number of aromatic nitrogens is 2. The summed E-state index contributed by atoms with van der Waals surface area (Å²) in [6.45, 7) is 0. The smallest absolute Gasteiger partial charge is 0.297 e. The minimum Gasteiger partial charge on any atom is -0.297 e. The van der Waals surface area contributed by atoms with Crippen molar-refractivity contribution >= 4 is 17.6 Å². The van der Waals surface area contributed by atoms with E-state index in [1.165, 1.54) is 4.57 Å². The number of carbonyl (C=O) groups is 1. The van der Waals surface area contributed by atoms with Crippen LogP contribution in [0, 0.1) is 0 Å². The summed E-state index contributed by atoms with van der Waals surface area (Å²) >= 11 is 0.954. The molecule has 76 valence electrons. The van der Waals surface area contributed by atoms with Crippen LogP contribution in [0.25, 0.3) is 5.82 Å². The van der Waals surface area contributed by atoms with Crippen LogP contribution in [0.15, 0.2) is 35.4 Å². The van der Waals surface area contributed by atoms with Gasteiger partial charge in [-0.1, -0.05) is 6.07 Å². The Balaban J connectivity index is 2.72. The van der Waals surface area contributed by atoms with Crippen molar-refractivity contribution in [3.05, 3.63) is 45.1 Å². The maximum absolute atomic E-state index is 11.4. The Bertz CT molecular complexity index is 542. The van der Waals surface area contributed by atoms with E-state index in [9.17, 15) is 9.59 Å². The number of aldehydes is 1. The average molecular weight is 221 g/mol. The molecule has 0 unspecified atom stereocenters. The zero-order valence-corrected chi connectivity index (χ0v) is 8.90. The highest BCUT2D eigenvalue weighted by Gasteiger charge is 2.20. The Labute approximate surface area is 90.0 Å². The van der Waals surface area contributed by atoms with Crippen molar-refractivity contribution in [2.45, 2.75) is 0 Å². The average Bonchev–Trinajstić information content (AvgIpc) is 2.56. The van der Waals surface area contributed by atoms with E-state index in [4.69, 9.17) is 0 Å². The Morgan fingerprint density at radius 2 is 2.00 bits per heavy atom. The second-order valence-corrected chi connectivity index (χ2v) is 4.01. The Kier molecular flexibility index (Phi) is 2.47. The third-order valence-corrected chi connectivity index (χ3v) is 3.02. The molecular weight excluding hydrogens is 212 g/mol. The minimum atomic E-state index is -0.136. The van der Waals surface area contributed by atoms with Gasteiger partial charge >= 0.3 is 10.7 Å². The molecule has 0 radical (unpaired) electrons. The van der Waals surface area contributed by atoms with E-state index in [0.717, 1.165) is 11.3 Å². The molecule has 0 aromatic carbocycles. The lowest BCUT2D eigenvalue weighted by molar-refractivity contribution is -0.601. The SMILES string of the molecule is Cn1c(-[n+]2ccccc2)c(C=O)sc1=O. The molecule has 2 heterocycles. The van der Waals surface area contributed by atoms with Crippen molar-refractivity contribution in [2.24, 2.45) is 7.05 Å². The molecule has 0 bridgehead atoms. The highest BCUT2D eigenvalue weighted by molar-refractivity contribution is 7.11. The lowest BCUT2D eigenvalue weighted by atomic mass is 10.4. The lowest BCUT2D eigenvalue weighted by Crippen LogP contribution is -2.34. The molecule has 0 saturated heterocycles. The summed E-state index contributed by atoms with van der Waals surface area (Å²) < 4.78 is 3.22. The van der Waals surface area contributed by atoms with Gasteiger partial charge in [-0.05, 0) is 23.5 Å². The van der Waals surface area contributed by atoms with E-state index in [1.54, 1.807) is 24.0 Å². The van der Waals surface area contributed by atoms with Crippen LogP contribution in [0.5, 0.6) is 0 Å². The quantitative estimate of drug-likeness (QED) is 0.548. The fraction of sp³-hybridized carbons (Fsp3) is 0.100. The predicted octanol–water partition coefficient (Wildman–Crippen LogP) is 0.536. The lowest BCUT2D eigenvalue weighted by Gasteiger charge is -1.96. The van der Waals surface area contributed by atoms with Gasteiger partial charge in [-0.3, -0.25) is 4.79 Å². The Morgan fingerprint density at radius 3 is 2.60 bits per heavy atom. The molecule has 0 atom stereocenters. The molecule has 0 saturated carbocycles. The molecule has 0 fully saturated rings. The summed E-state index contributed by atoms with van der Waals surface area (Å²) in [4.78, 5) is 22.5. The van der Waals surface area contributed by atoms with E-state index in [-0.39, 0.29) is 4.87 Å². The topological polar surface area (TPSA) is 43.0 Å². The second kappa shape index (κ2) is 3.78. The molecule has 2 rings (SSSR count). The van der Waals surface area contributed by atoms with Crippen molar-refractivity contribution in [1.82, 2.24) is 4.57 Å². The normalized spacial score (nSPS) is 10.2.